The third-order valence-corrected chi connectivity index (χ3v) is 2.92. The fraction of sp³-hybridized carbons (Fsp3) is 0.200. The van der Waals surface area contributed by atoms with Crippen molar-refractivity contribution in [2.24, 2.45) is 5.10 Å². The van der Waals surface area contributed by atoms with Crippen LogP contribution < -0.4 is 15.8 Å². The van der Waals surface area contributed by atoms with Gasteiger partial charge in [0.25, 0.3) is 5.91 Å². The van der Waals surface area contributed by atoms with Crippen LogP contribution in [0, 0.1) is 11.3 Å². The summed E-state index contributed by atoms with van der Waals surface area (Å²) >= 11 is 0. The molecular formula is C15H13N3O4. The van der Waals surface area contributed by atoms with E-state index in [4.69, 9.17) is 14.4 Å². The van der Waals surface area contributed by atoms with Crippen molar-refractivity contribution in [3.63, 3.8) is 0 Å². The molecule has 2 aromatic rings. The van der Waals surface area contributed by atoms with E-state index in [1.807, 2.05) is 0 Å². The number of amides is 1. The third kappa shape index (κ3) is 3.30. The summed E-state index contributed by atoms with van der Waals surface area (Å²) in [4.78, 5) is 23.2. The van der Waals surface area contributed by atoms with Crippen LogP contribution in [0.4, 0.5) is 0 Å². The Morgan fingerprint density at radius 2 is 2.23 bits per heavy atom. The number of carbonyl (C=O) groups excluding carboxylic acids is 1. The molecule has 7 heteroatoms. The summed E-state index contributed by atoms with van der Waals surface area (Å²) in [6, 6.07) is 8.37. The van der Waals surface area contributed by atoms with E-state index in [0.717, 1.165) is 0 Å². The number of ether oxygens (including phenoxy) is 1. The van der Waals surface area contributed by atoms with E-state index in [2.05, 4.69) is 10.5 Å². The fourth-order valence-electron chi connectivity index (χ4n) is 1.80. The first-order valence-corrected chi connectivity index (χ1v) is 6.37. The Hall–Kier alpha value is -3.14. The number of nitriles is 1. The van der Waals surface area contributed by atoms with Crippen molar-refractivity contribution in [2.45, 2.75) is 13.3 Å². The lowest BCUT2D eigenvalue weighted by Crippen LogP contribution is -2.20. The van der Waals surface area contributed by atoms with Gasteiger partial charge in [-0.3, -0.25) is 4.79 Å². The van der Waals surface area contributed by atoms with Gasteiger partial charge in [-0.25, -0.2) is 10.2 Å². The van der Waals surface area contributed by atoms with Gasteiger partial charge in [-0.05, 0) is 31.2 Å². The predicted molar refractivity (Wildman–Crippen MR) is 79.6 cm³/mol. The zero-order valence-corrected chi connectivity index (χ0v) is 12.0. The highest BCUT2D eigenvalue weighted by atomic mass is 16.5. The van der Waals surface area contributed by atoms with Crippen LogP contribution in [0.5, 0.6) is 5.75 Å². The van der Waals surface area contributed by atoms with Crippen molar-refractivity contribution in [2.75, 3.05) is 7.11 Å². The quantitative estimate of drug-likeness (QED) is 0.524. The summed E-state index contributed by atoms with van der Waals surface area (Å²) in [5.74, 6) is 0.0814. The molecule has 0 spiro atoms. The first kappa shape index (κ1) is 15.3. The molecule has 0 aliphatic carbocycles. The summed E-state index contributed by atoms with van der Waals surface area (Å²) in [5, 5.41) is 12.9. The molecule has 0 saturated heterocycles. The molecule has 1 N–H and O–H groups in total. The Labute approximate surface area is 125 Å². The lowest BCUT2D eigenvalue weighted by atomic mass is 10.1. The minimum Gasteiger partial charge on any atom is -0.497 e. The number of methoxy groups -OCH3 is 1. The molecule has 0 radical (unpaired) electrons. The smallest absolute Gasteiger partial charge is 0.345 e. The van der Waals surface area contributed by atoms with Gasteiger partial charge in [-0.1, -0.05) is 0 Å². The van der Waals surface area contributed by atoms with Crippen molar-refractivity contribution in [3.05, 3.63) is 40.2 Å². The molecule has 0 bridgehead atoms. The molecule has 112 valence electrons. The number of hydrogen-bond donors (Lipinski definition) is 1. The maximum Gasteiger partial charge on any atom is 0.345 e. The number of rotatable bonds is 4. The van der Waals surface area contributed by atoms with Gasteiger partial charge >= 0.3 is 5.63 Å². The molecule has 0 aliphatic heterocycles. The number of hydrazone groups is 1. The van der Waals surface area contributed by atoms with Gasteiger partial charge < -0.3 is 9.15 Å². The van der Waals surface area contributed by atoms with E-state index >= 15 is 0 Å². The predicted octanol–water partition coefficient (Wildman–Crippen LogP) is 1.56. The second-order valence-corrected chi connectivity index (χ2v) is 4.42. The Morgan fingerprint density at radius 1 is 1.45 bits per heavy atom. The molecule has 7 nitrogen and oxygen atoms in total. The Balaban J connectivity index is 2.40. The average molecular weight is 299 g/mol. The van der Waals surface area contributed by atoms with E-state index < -0.39 is 11.5 Å². The maximum absolute atomic E-state index is 12.0. The number of hydrogen-bond acceptors (Lipinski definition) is 6. The lowest BCUT2D eigenvalue weighted by molar-refractivity contribution is -0.120. The first-order valence-electron chi connectivity index (χ1n) is 6.37. The van der Waals surface area contributed by atoms with E-state index in [-0.39, 0.29) is 17.7 Å². The van der Waals surface area contributed by atoms with Gasteiger partial charge in [-0.2, -0.15) is 10.4 Å². The van der Waals surface area contributed by atoms with E-state index in [1.54, 1.807) is 44.4 Å². The van der Waals surface area contributed by atoms with Gasteiger partial charge in [0, 0.05) is 5.39 Å². The van der Waals surface area contributed by atoms with E-state index in [9.17, 15) is 9.59 Å². The molecule has 0 saturated carbocycles. The van der Waals surface area contributed by atoms with E-state index in [1.165, 1.54) is 0 Å². The van der Waals surface area contributed by atoms with Crippen LogP contribution >= 0.6 is 0 Å². The summed E-state index contributed by atoms with van der Waals surface area (Å²) in [6.07, 6.45) is -0.305. The molecule has 1 aromatic heterocycles. The molecule has 1 heterocycles. The number of fused-ring (bicyclic) bond motifs is 1. The topological polar surface area (TPSA) is 105 Å². The minimum absolute atomic E-state index is 0.220. The van der Waals surface area contributed by atoms with Crippen LogP contribution in [0.2, 0.25) is 0 Å². The molecule has 0 atom stereocenters. The largest absolute Gasteiger partial charge is 0.497 e. The molecule has 0 unspecified atom stereocenters. The first-order chi connectivity index (χ1) is 10.5. The Kier molecular flexibility index (Phi) is 4.53. The van der Waals surface area contributed by atoms with Crippen LogP contribution in [0.25, 0.3) is 11.0 Å². The number of carbonyl (C=O) groups is 1. The molecule has 1 aromatic carbocycles. The summed E-state index contributed by atoms with van der Waals surface area (Å²) in [5.41, 5.74) is 2.57. The zero-order chi connectivity index (χ0) is 16.1. The molecular weight excluding hydrogens is 286 g/mol. The standard InChI is InChI=1S/C15H13N3O4/c1-9(17-18-14(19)5-6-16)12-8-10-7-11(21-2)3-4-13(10)22-15(12)20/h3-4,7-8H,5H2,1-2H3,(H,18,19)/b17-9+. The fourth-order valence-corrected chi connectivity index (χ4v) is 1.80. The monoisotopic (exact) mass is 299 g/mol. The van der Waals surface area contributed by atoms with Crippen molar-refractivity contribution < 1.29 is 13.9 Å². The number of nitrogens with one attached hydrogen (secondary N) is 1. The van der Waals surface area contributed by atoms with Crippen LogP contribution in [-0.4, -0.2) is 18.7 Å². The highest BCUT2D eigenvalue weighted by Gasteiger charge is 2.10. The van der Waals surface area contributed by atoms with Gasteiger partial charge in [-0.15, -0.1) is 0 Å². The summed E-state index contributed by atoms with van der Waals surface area (Å²) in [6.45, 7) is 1.56. The normalized spacial score (nSPS) is 11.0. The zero-order valence-electron chi connectivity index (χ0n) is 12.0. The second-order valence-electron chi connectivity index (χ2n) is 4.42. The van der Waals surface area contributed by atoms with E-state index in [0.29, 0.717) is 16.7 Å². The summed E-state index contributed by atoms with van der Waals surface area (Å²) < 4.78 is 10.3. The third-order valence-electron chi connectivity index (χ3n) is 2.92. The Bertz CT molecular complexity index is 846. The van der Waals surface area contributed by atoms with Crippen molar-refractivity contribution in [3.8, 4) is 11.8 Å². The van der Waals surface area contributed by atoms with Gasteiger partial charge in [0.05, 0.1) is 24.5 Å². The number of benzene rings is 1. The molecule has 1 amide bonds. The van der Waals surface area contributed by atoms with Gasteiger partial charge in [0.2, 0.25) is 0 Å². The van der Waals surface area contributed by atoms with Crippen LogP contribution in [0.3, 0.4) is 0 Å². The lowest BCUT2D eigenvalue weighted by Gasteiger charge is -2.04. The molecule has 0 aliphatic rings. The van der Waals surface area contributed by atoms with Crippen LogP contribution in [0.1, 0.15) is 18.9 Å². The number of nitrogens with zero attached hydrogens (tertiary/aromatic N) is 2. The average Bonchev–Trinajstić information content (AvgIpc) is 2.51. The summed E-state index contributed by atoms with van der Waals surface area (Å²) in [7, 11) is 1.54. The molecule has 2 rings (SSSR count). The van der Waals surface area contributed by atoms with Crippen LogP contribution in [0.15, 0.2) is 38.6 Å². The van der Waals surface area contributed by atoms with Crippen molar-refractivity contribution in [1.82, 2.24) is 5.43 Å². The van der Waals surface area contributed by atoms with Crippen molar-refractivity contribution >= 4 is 22.6 Å². The SMILES string of the molecule is COc1ccc2oc(=O)c(/C(C)=N/NC(=O)CC#N)cc2c1. The molecule has 22 heavy (non-hydrogen) atoms. The Morgan fingerprint density at radius 3 is 2.91 bits per heavy atom. The van der Waals surface area contributed by atoms with Gasteiger partial charge in [0.15, 0.2) is 0 Å². The van der Waals surface area contributed by atoms with Crippen molar-refractivity contribution in [1.29, 1.82) is 5.26 Å². The highest BCUT2D eigenvalue weighted by molar-refractivity contribution is 6.01. The minimum atomic E-state index is -0.562. The maximum atomic E-state index is 12.0. The highest BCUT2D eigenvalue weighted by Crippen LogP contribution is 2.20. The van der Waals surface area contributed by atoms with Gasteiger partial charge in [0.1, 0.15) is 17.8 Å². The second kappa shape index (κ2) is 6.54. The molecule has 0 fully saturated rings. The van der Waals surface area contributed by atoms with Crippen LogP contribution in [-0.2, 0) is 4.79 Å².